The summed E-state index contributed by atoms with van der Waals surface area (Å²) in [6, 6.07) is 15.0. The van der Waals surface area contributed by atoms with E-state index in [2.05, 4.69) is 10.5 Å². The number of carbonyl (C=O) groups is 1. The lowest BCUT2D eigenvalue weighted by Crippen LogP contribution is -2.50. The lowest BCUT2D eigenvalue weighted by atomic mass is 10.0. The molecule has 0 aromatic heterocycles. The Kier molecular flexibility index (Phi) is 4.94. The standard InChI is InChI=1S/C22H22ClN5O2/c23-16-9-10-18-17(13-16)20(15-7-3-1-4-8-15)24-21(29)19-14-27(25-28(18)19)22(30)26-11-5-2-6-12-26/h1,3-4,7-10,13-14,21,25,29H,2,5-6,11-12H2. The Bertz CT molecular complexity index is 1030. The lowest BCUT2D eigenvalue weighted by molar-refractivity contribution is 0.147. The Morgan fingerprint density at radius 2 is 1.87 bits per heavy atom. The number of carbonyl (C=O) groups excluding carboxylic acids is 1. The molecule has 2 N–H and O–H groups in total. The third-order valence-corrected chi connectivity index (χ3v) is 5.81. The number of piperidine rings is 1. The smallest absolute Gasteiger partial charge is 0.340 e. The van der Waals surface area contributed by atoms with E-state index >= 15 is 0 Å². The summed E-state index contributed by atoms with van der Waals surface area (Å²) >= 11 is 6.30. The van der Waals surface area contributed by atoms with Gasteiger partial charge < -0.3 is 10.0 Å². The summed E-state index contributed by atoms with van der Waals surface area (Å²) in [6.45, 7) is 1.48. The summed E-state index contributed by atoms with van der Waals surface area (Å²) in [7, 11) is 0. The fraction of sp³-hybridized carbons (Fsp3) is 0.273. The molecule has 3 aliphatic rings. The molecule has 2 amide bonds. The predicted molar refractivity (Wildman–Crippen MR) is 116 cm³/mol. The number of urea groups is 1. The van der Waals surface area contributed by atoms with Crippen molar-refractivity contribution in [3.8, 4) is 0 Å². The number of nitrogens with zero attached hydrogens (tertiary/aromatic N) is 4. The zero-order valence-electron chi connectivity index (χ0n) is 16.3. The van der Waals surface area contributed by atoms with Crippen molar-refractivity contribution in [1.29, 1.82) is 0 Å². The van der Waals surface area contributed by atoms with E-state index in [0.29, 0.717) is 16.4 Å². The Balaban J connectivity index is 1.56. The monoisotopic (exact) mass is 423 g/mol. The quantitative estimate of drug-likeness (QED) is 0.736. The van der Waals surface area contributed by atoms with Gasteiger partial charge in [0.15, 0.2) is 6.23 Å². The molecule has 5 rings (SSSR count). The Morgan fingerprint density at radius 1 is 1.10 bits per heavy atom. The molecule has 0 spiro atoms. The highest BCUT2D eigenvalue weighted by Gasteiger charge is 2.36. The van der Waals surface area contributed by atoms with Gasteiger partial charge in [0.2, 0.25) is 0 Å². The van der Waals surface area contributed by atoms with E-state index in [0.717, 1.165) is 49.2 Å². The molecular formula is C22H22ClN5O2. The van der Waals surface area contributed by atoms with Gasteiger partial charge in [-0.2, -0.15) is 0 Å². The van der Waals surface area contributed by atoms with Gasteiger partial charge in [0, 0.05) is 29.2 Å². The van der Waals surface area contributed by atoms with Gasteiger partial charge in [-0.05, 0) is 37.5 Å². The highest BCUT2D eigenvalue weighted by atomic mass is 35.5. The molecule has 0 saturated carbocycles. The van der Waals surface area contributed by atoms with Gasteiger partial charge in [-0.3, -0.25) is 5.01 Å². The van der Waals surface area contributed by atoms with E-state index in [4.69, 9.17) is 11.6 Å². The number of nitrogens with one attached hydrogen (secondary N) is 1. The number of fused-ring (bicyclic) bond motifs is 3. The van der Waals surface area contributed by atoms with Crippen LogP contribution in [-0.2, 0) is 0 Å². The van der Waals surface area contributed by atoms with Crippen LogP contribution in [0.25, 0.3) is 0 Å². The summed E-state index contributed by atoms with van der Waals surface area (Å²) in [5.41, 5.74) is 6.66. The molecule has 1 atom stereocenters. The maximum atomic E-state index is 13.0. The second-order valence-electron chi connectivity index (χ2n) is 7.57. The molecule has 0 radical (unpaired) electrons. The van der Waals surface area contributed by atoms with E-state index in [9.17, 15) is 9.90 Å². The molecule has 3 aliphatic heterocycles. The van der Waals surface area contributed by atoms with Crippen LogP contribution in [0.3, 0.4) is 0 Å². The average Bonchev–Trinajstić information content (AvgIpc) is 3.19. The van der Waals surface area contributed by atoms with E-state index in [1.807, 2.05) is 47.4 Å². The molecule has 1 saturated heterocycles. The SMILES string of the molecule is O=C(N1CCCCC1)N1C=C2C(O)N=C(c3ccccc3)c3cc(Cl)ccc3N2N1. The van der Waals surface area contributed by atoms with Gasteiger partial charge in [0.25, 0.3) is 0 Å². The third kappa shape index (κ3) is 3.35. The molecule has 0 aliphatic carbocycles. The lowest BCUT2D eigenvalue weighted by Gasteiger charge is -2.31. The number of aliphatic imine (C=N–C) groups is 1. The minimum Gasteiger partial charge on any atom is -0.367 e. The zero-order valence-corrected chi connectivity index (χ0v) is 17.1. The first-order valence-corrected chi connectivity index (χ1v) is 10.5. The molecule has 2 aromatic rings. The number of benzene rings is 2. The summed E-state index contributed by atoms with van der Waals surface area (Å²) < 4.78 is 0. The predicted octanol–water partition coefficient (Wildman–Crippen LogP) is 3.50. The first kappa shape index (κ1) is 19.1. The van der Waals surface area contributed by atoms with Crippen LogP contribution < -0.4 is 10.5 Å². The topological polar surface area (TPSA) is 71.4 Å². The van der Waals surface area contributed by atoms with Gasteiger partial charge >= 0.3 is 6.03 Å². The summed E-state index contributed by atoms with van der Waals surface area (Å²) in [6.07, 6.45) is 3.65. The fourth-order valence-electron chi connectivity index (χ4n) is 4.07. The molecule has 1 fully saturated rings. The number of anilines is 1. The van der Waals surface area contributed by atoms with Crippen molar-refractivity contribution >= 4 is 29.0 Å². The Labute approximate surface area is 179 Å². The molecule has 8 heteroatoms. The van der Waals surface area contributed by atoms with Crippen LogP contribution in [0.1, 0.15) is 30.4 Å². The minimum atomic E-state index is -1.14. The van der Waals surface area contributed by atoms with Crippen LogP contribution >= 0.6 is 11.6 Å². The fourth-order valence-corrected chi connectivity index (χ4v) is 4.24. The molecular weight excluding hydrogens is 402 g/mol. The number of aliphatic hydroxyl groups excluding tert-OH is 1. The number of likely N-dealkylation sites (tertiary alicyclic amines) is 1. The average molecular weight is 424 g/mol. The summed E-state index contributed by atoms with van der Waals surface area (Å²) in [4.78, 5) is 19.4. The van der Waals surface area contributed by atoms with Crippen molar-refractivity contribution in [2.45, 2.75) is 25.5 Å². The van der Waals surface area contributed by atoms with Crippen LogP contribution in [0.5, 0.6) is 0 Å². The molecule has 7 nitrogen and oxygen atoms in total. The normalized spacial score (nSPS) is 20.9. The van der Waals surface area contributed by atoms with Crippen molar-refractivity contribution in [1.82, 2.24) is 15.4 Å². The molecule has 1 unspecified atom stereocenters. The summed E-state index contributed by atoms with van der Waals surface area (Å²) in [5.74, 6) is 0. The third-order valence-electron chi connectivity index (χ3n) is 5.58. The number of halogens is 1. The van der Waals surface area contributed by atoms with Crippen molar-refractivity contribution < 1.29 is 9.90 Å². The van der Waals surface area contributed by atoms with Crippen molar-refractivity contribution in [2.24, 2.45) is 4.99 Å². The number of amides is 2. The second-order valence-corrected chi connectivity index (χ2v) is 8.00. The number of rotatable bonds is 1. The van der Waals surface area contributed by atoms with Crippen molar-refractivity contribution in [3.63, 3.8) is 0 Å². The highest BCUT2D eigenvalue weighted by molar-refractivity contribution is 6.31. The van der Waals surface area contributed by atoms with Crippen molar-refractivity contribution in [2.75, 3.05) is 18.1 Å². The maximum absolute atomic E-state index is 13.0. The van der Waals surface area contributed by atoms with E-state index in [-0.39, 0.29) is 6.03 Å². The van der Waals surface area contributed by atoms with E-state index in [1.54, 1.807) is 17.3 Å². The van der Waals surface area contributed by atoms with Gasteiger partial charge in [-0.15, -0.1) is 5.53 Å². The van der Waals surface area contributed by atoms with E-state index in [1.165, 1.54) is 5.01 Å². The zero-order chi connectivity index (χ0) is 20.7. The van der Waals surface area contributed by atoms with Crippen LogP contribution in [0.4, 0.5) is 10.5 Å². The van der Waals surface area contributed by atoms with E-state index < -0.39 is 6.23 Å². The Hall–Kier alpha value is -2.87. The molecule has 30 heavy (non-hydrogen) atoms. The largest absolute Gasteiger partial charge is 0.367 e. The molecule has 154 valence electrons. The Morgan fingerprint density at radius 3 is 2.63 bits per heavy atom. The highest BCUT2D eigenvalue weighted by Crippen LogP contribution is 2.35. The van der Waals surface area contributed by atoms with Gasteiger partial charge in [0.05, 0.1) is 17.6 Å². The molecule has 0 bridgehead atoms. The molecule has 2 aromatic carbocycles. The van der Waals surface area contributed by atoms with Gasteiger partial charge in [-0.25, -0.2) is 14.8 Å². The number of hydrogen-bond donors (Lipinski definition) is 2. The van der Waals surface area contributed by atoms with Gasteiger partial charge in [-0.1, -0.05) is 41.9 Å². The number of hydrazine groups is 2. The second kappa shape index (κ2) is 7.75. The van der Waals surface area contributed by atoms with Crippen LogP contribution in [0.2, 0.25) is 5.02 Å². The number of aliphatic hydroxyl groups is 1. The first-order chi connectivity index (χ1) is 14.6. The van der Waals surface area contributed by atoms with Crippen molar-refractivity contribution in [3.05, 3.63) is 76.6 Å². The first-order valence-electron chi connectivity index (χ1n) is 10.1. The minimum absolute atomic E-state index is 0.134. The molecule has 3 heterocycles. The number of hydrogen-bond acceptors (Lipinski definition) is 5. The van der Waals surface area contributed by atoms with Crippen LogP contribution in [0.15, 0.2) is 65.4 Å². The maximum Gasteiger partial charge on any atom is 0.340 e. The summed E-state index contributed by atoms with van der Waals surface area (Å²) in [5, 5.41) is 14.6. The van der Waals surface area contributed by atoms with Gasteiger partial charge in [0.1, 0.15) is 5.70 Å². The van der Waals surface area contributed by atoms with Crippen LogP contribution in [0, 0.1) is 0 Å². The van der Waals surface area contributed by atoms with Crippen LogP contribution in [-0.4, -0.2) is 46.1 Å².